The third-order valence-corrected chi connectivity index (χ3v) is 16.9. The van der Waals surface area contributed by atoms with Crippen LogP contribution in [0.25, 0.3) is 0 Å². The minimum atomic E-state index is -2.02. The lowest BCUT2D eigenvalue weighted by atomic mass is 10.2. The molecule has 0 aromatic heterocycles. The lowest BCUT2D eigenvalue weighted by Crippen LogP contribution is -2.93. The van der Waals surface area contributed by atoms with Crippen LogP contribution in [0.1, 0.15) is 83.1 Å². The van der Waals surface area contributed by atoms with E-state index in [0.717, 1.165) is 0 Å². The zero-order valence-corrected chi connectivity index (χ0v) is 19.0. The summed E-state index contributed by atoms with van der Waals surface area (Å²) in [7, 11) is -4.04. The molecule has 132 valence electrons. The van der Waals surface area contributed by atoms with Crippen molar-refractivity contribution in [2.24, 2.45) is 0 Å². The van der Waals surface area contributed by atoms with Crippen LogP contribution < -0.4 is 20.4 Å². The summed E-state index contributed by atoms with van der Waals surface area (Å²) in [6.07, 6.45) is 0. The highest BCUT2D eigenvalue weighted by molar-refractivity contribution is 6.88. The predicted octanol–water partition coefficient (Wildman–Crippen LogP) is 4.27. The van der Waals surface area contributed by atoms with E-state index in [1.165, 1.54) is 0 Å². The molecule has 6 heteroatoms. The maximum absolute atomic E-state index is 3.89. The second-order valence-electron chi connectivity index (χ2n) is 11.0. The van der Waals surface area contributed by atoms with E-state index in [-0.39, 0.29) is 20.2 Å². The molecule has 0 aromatic carbocycles. The molecule has 0 spiro atoms. The second-order valence-corrected chi connectivity index (χ2v) is 21.0. The standard InChI is InChI=1S/C16H40N4Si2/c1-13(2,3)21(14(4,5)6)17-19-22(20-18-21,15(7,8)9)16(10,11)12/h17-20H,1-12H3. The van der Waals surface area contributed by atoms with Gasteiger partial charge in [-0.15, -0.1) is 0 Å². The first-order valence-corrected chi connectivity index (χ1v) is 12.5. The molecule has 1 fully saturated rings. The highest BCUT2D eigenvalue weighted by Crippen LogP contribution is 2.52. The van der Waals surface area contributed by atoms with Gasteiger partial charge in [-0.3, -0.25) is 20.4 Å². The fraction of sp³-hybridized carbons (Fsp3) is 1.00. The van der Waals surface area contributed by atoms with Gasteiger partial charge in [-0.2, -0.15) is 0 Å². The summed E-state index contributed by atoms with van der Waals surface area (Å²) in [5.41, 5.74) is 0. The Morgan fingerprint density at radius 1 is 0.364 bits per heavy atom. The van der Waals surface area contributed by atoms with E-state index in [1.807, 2.05) is 0 Å². The molecular weight excluding hydrogens is 304 g/mol. The molecule has 0 radical (unpaired) electrons. The van der Waals surface area contributed by atoms with Crippen molar-refractivity contribution in [3.8, 4) is 0 Å². The van der Waals surface area contributed by atoms with E-state index >= 15 is 0 Å². The van der Waals surface area contributed by atoms with Crippen LogP contribution in [0, 0.1) is 0 Å². The van der Waals surface area contributed by atoms with Gasteiger partial charge in [0, 0.05) is 0 Å². The minimum absolute atomic E-state index is 0.182. The summed E-state index contributed by atoms with van der Waals surface area (Å²) in [5.74, 6) is 0. The zero-order valence-electron chi connectivity index (χ0n) is 17.0. The Bertz CT molecular complexity index is 328. The summed E-state index contributed by atoms with van der Waals surface area (Å²) in [5, 5.41) is 16.3. The van der Waals surface area contributed by atoms with Crippen LogP contribution in [0.15, 0.2) is 0 Å². The van der Waals surface area contributed by atoms with Crippen LogP contribution in [0.3, 0.4) is 0 Å². The number of nitrogens with one attached hydrogen (secondary N) is 4. The number of hydrazine groups is 2. The third kappa shape index (κ3) is 2.98. The molecule has 0 saturated carbocycles. The number of hydrogen-bond donors (Lipinski definition) is 4. The van der Waals surface area contributed by atoms with Crippen LogP contribution in [0.4, 0.5) is 0 Å². The van der Waals surface area contributed by atoms with E-state index in [1.54, 1.807) is 0 Å². The van der Waals surface area contributed by atoms with Crippen molar-refractivity contribution < 1.29 is 0 Å². The summed E-state index contributed by atoms with van der Waals surface area (Å²) in [6, 6.07) is 0. The topological polar surface area (TPSA) is 48.1 Å². The highest BCUT2D eigenvalue weighted by Gasteiger charge is 2.63. The Morgan fingerprint density at radius 2 is 0.500 bits per heavy atom. The molecular formula is C16H40N4Si2. The van der Waals surface area contributed by atoms with Gasteiger partial charge in [-0.25, -0.2) is 0 Å². The first kappa shape index (κ1) is 20.3. The molecule has 1 rings (SSSR count). The zero-order chi connectivity index (χ0) is 17.8. The van der Waals surface area contributed by atoms with Gasteiger partial charge in [-0.05, 0) is 20.2 Å². The molecule has 0 aromatic rings. The van der Waals surface area contributed by atoms with Crippen molar-refractivity contribution in [1.29, 1.82) is 0 Å². The average molecular weight is 345 g/mol. The smallest absolute Gasteiger partial charge is 0.238 e. The van der Waals surface area contributed by atoms with E-state index in [9.17, 15) is 0 Å². The van der Waals surface area contributed by atoms with Crippen molar-refractivity contribution in [2.45, 2.75) is 103 Å². The fourth-order valence-electron chi connectivity index (χ4n) is 4.19. The lowest BCUT2D eigenvalue weighted by molar-refractivity contribution is 0.449. The van der Waals surface area contributed by atoms with Crippen molar-refractivity contribution >= 4 is 16.8 Å². The Morgan fingerprint density at radius 3 is 0.591 bits per heavy atom. The van der Waals surface area contributed by atoms with Crippen molar-refractivity contribution in [2.75, 3.05) is 0 Å². The summed E-state index contributed by atoms with van der Waals surface area (Å²) < 4.78 is 0. The van der Waals surface area contributed by atoms with Crippen LogP contribution in [-0.2, 0) is 0 Å². The lowest BCUT2D eigenvalue weighted by Gasteiger charge is -2.62. The number of hydrogen-bond acceptors (Lipinski definition) is 4. The minimum Gasteiger partial charge on any atom is -0.268 e. The molecule has 1 aliphatic rings. The summed E-state index contributed by atoms with van der Waals surface area (Å²) in [6.45, 7) is 28.1. The molecule has 0 bridgehead atoms. The Kier molecular flexibility index (Phi) is 4.98. The van der Waals surface area contributed by atoms with Gasteiger partial charge < -0.3 is 0 Å². The quantitative estimate of drug-likeness (QED) is 0.496. The molecule has 1 saturated heterocycles. The van der Waals surface area contributed by atoms with Crippen LogP contribution in [-0.4, -0.2) is 16.8 Å². The fourth-order valence-corrected chi connectivity index (χ4v) is 14.8. The van der Waals surface area contributed by atoms with Crippen LogP contribution in [0.5, 0.6) is 0 Å². The van der Waals surface area contributed by atoms with Gasteiger partial charge in [0.25, 0.3) is 0 Å². The average Bonchev–Trinajstić information content (AvgIpc) is 2.22. The Hall–Kier alpha value is 0.274. The summed E-state index contributed by atoms with van der Waals surface area (Å²) >= 11 is 0. The maximum Gasteiger partial charge on any atom is 0.238 e. The molecule has 0 aliphatic carbocycles. The van der Waals surface area contributed by atoms with E-state index in [2.05, 4.69) is 103 Å². The normalized spacial score (nSPS) is 23.5. The summed E-state index contributed by atoms with van der Waals surface area (Å²) in [4.78, 5) is 0. The van der Waals surface area contributed by atoms with E-state index in [0.29, 0.717) is 0 Å². The molecule has 22 heavy (non-hydrogen) atoms. The van der Waals surface area contributed by atoms with Crippen molar-refractivity contribution in [3.63, 3.8) is 0 Å². The Balaban J connectivity index is 3.30. The first-order chi connectivity index (χ1) is 9.41. The van der Waals surface area contributed by atoms with Gasteiger partial charge in [0.1, 0.15) is 0 Å². The molecule has 0 amide bonds. The molecule has 0 unspecified atom stereocenters. The molecule has 1 heterocycles. The largest absolute Gasteiger partial charge is 0.268 e. The predicted molar refractivity (Wildman–Crippen MR) is 103 cm³/mol. The third-order valence-electron chi connectivity index (χ3n) is 5.38. The van der Waals surface area contributed by atoms with Gasteiger partial charge in [-0.1, -0.05) is 83.1 Å². The van der Waals surface area contributed by atoms with Gasteiger partial charge in [0.15, 0.2) is 0 Å². The van der Waals surface area contributed by atoms with Crippen molar-refractivity contribution in [1.82, 2.24) is 20.4 Å². The second kappa shape index (κ2) is 5.39. The van der Waals surface area contributed by atoms with Gasteiger partial charge >= 0.3 is 0 Å². The SMILES string of the molecule is CC(C)(C)[Si]1(C(C)(C)C)NN[Si](C(C)(C)C)(C(C)(C)C)NN1. The monoisotopic (exact) mass is 344 g/mol. The highest BCUT2D eigenvalue weighted by atomic mass is 28.4. The molecule has 4 N–H and O–H groups in total. The van der Waals surface area contributed by atoms with Crippen molar-refractivity contribution in [3.05, 3.63) is 0 Å². The Labute approximate surface area is 140 Å². The van der Waals surface area contributed by atoms with E-state index in [4.69, 9.17) is 0 Å². The van der Waals surface area contributed by atoms with Gasteiger partial charge in [0.05, 0.1) is 0 Å². The molecule has 1 aliphatic heterocycles. The van der Waals surface area contributed by atoms with E-state index < -0.39 is 16.8 Å². The van der Waals surface area contributed by atoms with Gasteiger partial charge in [0.2, 0.25) is 16.8 Å². The maximum atomic E-state index is 3.89. The molecule has 0 atom stereocenters. The van der Waals surface area contributed by atoms with Crippen LogP contribution in [0.2, 0.25) is 20.2 Å². The number of rotatable bonds is 0. The van der Waals surface area contributed by atoms with Crippen LogP contribution >= 0.6 is 0 Å². The first-order valence-electron chi connectivity index (χ1n) is 8.50. The molecule has 4 nitrogen and oxygen atoms in total.